The normalized spacial score (nSPS) is 21.2. The van der Waals surface area contributed by atoms with Crippen LogP contribution >= 0.6 is 23.2 Å². The Balaban J connectivity index is 1.67. The third-order valence-electron chi connectivity index (χ3n) is 5.52. The lowest BCUT2D eigenvalue weighted by Crippen LogP contribution is -2.56. The van der Waals surface area contributed by atoms with Crippen molar-refractivity contribution < 1.29 is 18.0 Å². The van der Waals surface area contributed by atoms with Crippen molar-refractivity contribution in [1.29, 1.82) is 0 Å². The Labute approximate surface area is 187 Å². The average Bonchev–Trinajstić information content (AvgIpc) is 3.17. The molecule has 1 aromatic rings. The van der Waals surface area contributed by atoms with Crippen LogP contribution in [0, 0.1) is 5.41 Å². The van der Waals surface area contributed by atoms with Crippen LogP contribution in [0.25, 0.3) is 0 Å². The molecule has 2 aliphatic rings. The molecule has 2 amide bonds. The molecule has 3 rings (SSSR count). The van der Waals surface area contributed by atoms with E-state index in [0.29, 0.717) is 13.0 Å². The predicted molar refractivity (Wildman–Crippen MR) is 116 cm³/mol. The Morgan fingerprint density at radius 3 is 2.20 bits per heavy atom. The summed E-state index contributed by atoms with van der Waals surface area (Å²) in [5.74, 6) is -0.129. The van der Waals surface area contributed by atoms with E-state index in [2.05, 4.69) is 0 Å². The Morgan fingerprint density at radius 2 is 1.63 bits per heavy atom. The van der Waals surface area contributed by atoms with Gasteiger partial charge in [-0.1, -0.05) is 44.0 Å². The van der Waals surface area contributed by atoms with Crippen LogP contribution in [-0.4, -0.2) is 73.1 Å². The van der Waals surface area contributed by atoms with Gasteiger partial charge in [0.1, 0.15) is 6.04 Å². The lowest BCUT2D eigenvalue weighted by Gasteiger charge is -2.37. The van der Waals surface area contributed by atoms with Gasteiger partial charge in [-0.05, 0) is 31.0 Å². The van der Waals surface area contributed by atoms with Gasteiger partial charge in [-0.15, -0.1) is 0 Å². The first-order chi connectivity index (χ1) is 13.9. The van der Waals surface area contributed by atoms with Crippen LogP contribution in [0.5, 0.6) is 0 Å². The van der Waals surface area contributed by atoms with Crippen molar-refractivity contribution in [3.8, 4) is 0 Å². The van der Waals surface area contributed by atoms with E-state index in [0.717, 1.165) is 6.42 Å². The van der Waals surface area contributed by atoms with Gasteiger partial charge in [0.25, 0.3) is 0 Å². The first-order valence-corrected chi connectivity index (χ1v) is 12.2. The summed E-state index contributed by atoms with van der Waals surface area (Å²) in [6.45, 7) is 7.08. The summed E-state index contributed by atoms with van der Waals surface area (Å²) in [6.07, 6.45) is 1.44. The summed E-state index contributed by atoms with van der Waals surface area (Å²) in [4.78, 5) is 29.2. The number of benzene rings is 1. The first kappa shape index (κ1) is 23.3. The molecule has 1 aromatic carbocycles. The zero-order valence-electron chi connectivity index (χ0n) is 17.4. The van der Waals surface area contributed by atoms with E-state index in [-0.39, 0.29) is 52.9 Å². The van der Waals surface area contributed by atoms with Crippen LogP contribution < -0.4 is 0 Å². The molecule has 0 N–H and O–H groups in total. The van der Waals surface area contributed by atoms with Crippen LogP contribution in [-0.2, 0) is 19.6 Å². The van der Waals surface area contributed by atoms with Crippen LogP contribution in [0.3, 0.4) is 0 Å². The van der Waals surface area contributed by atoms with Gasteiger partial charge in [-0.2, -0.15) is 4.31 Å². The number of carbonyl (C=O) groups is 2. The highest BCUT2D eigenvalue weighted by Crippen LogP contribution is 2.29. The minimum absolute atomic E-state index is 0.0285. The molecule has 2 heterocycles. The second-order valence-corrected chi connectivity index (χ2v) is 11.5. The van der Waals surface area contributed by atoms with E-state index in [1.54, 1.807) is 9.80 Å². The van der Waals surface area contributed by atoms with Gasteiger partial charge in [-0.25, -0.2) is 8.42 Å². The average molecular weight is 476 g/mol. The maximum absolute atomic E-state index is 13.1. The van der Waals surface area contributed by atoms with Crippen molar-refractivity contribution in [2.24, 2.45) is 5.41 Å². The third kappa shape index (κ3) is 4.61. The van der Waals surface area contributed by atoms with Crippen molar-refractivity contribution in [2.45, 2.75) is 44.6 Å². The minimum atomic E-state index is -3.73. The fourth-order valence-electron chi connectivity index (χ4n) is 3.84. The molecule has 166 valence electrons. The molecule has 0 radical (unpaired) electrons. The SMILES string of the molecule is CC(C)(C)C(=O)N1CCCC1C(=O)N1CCN(S(=O)(=O)c2ccc(Cl)c(Cl)c2)CC1. The number of likely N-dealkylation sites (tertiary alicyclic amines) is 1. The van der Waals surface area contributed by atoms with Gasteiger partial charge in [0.2, 0.25) is 21.8 Å². The second-order valence-electron chi connectivity index (χ2n) is 8.71. The third-order valence-corrected chi connectivity index (χ3v) is 8.15. The predicted octanol–water partition coefficient (Wildman–Crippen LogP) is 2.86. The van der Waals surface area contributed by atoms with E-state index in [1.807, 2.05) is 20.8 Å². The number of amides is 2. The van der Waals surface area contributed by atoms with E-state index in [4.69, 9.17) is 23.2 Å². The summed E-state index contributed by atoms with van der Waals surface area (Å²) in [5, 5.41) is 0.466. The van der Waals surface area contributed by atoms with Gasteiger partial charge in [0.05, 0.1) is 14.9 Å². The molecule has 10 heteroatoms. The maximum Gasteiger partial charge on any atom is 0.245 e. The highest BCUT2D eigenvalue weighted by Gasteiger charge is 2.41. The standard InChI is InChI=1S/C20H27Cl2N3O4S/c1-20(2,3)19(27)25-8-4-5-17(25)18(26)23-9-11-24(12-10-23)30(28,29)14-6-7-15(21)16(22)13-14/h6-7,13,17H,4-5,8-12H2,1-3H3. The second kappa shape index (κ2) is 8.65. The summed E-state index contributed by atoms with van der Waals surface area (Å²) >= 11 is 11.8. The van der Waals surface area contributed by atoms with Gasteiger partial charge in [0, 0.05) is 38.1 Å². The summed E-state index contributed by atoms with van der Waals surface area (Å²) in [6, 6.07) is 3.76. The summed E-state index contributed by atoms with van der Waals surface area (Å²) in [7, 11) is -3.73. The Bertz CT molecular complexity index is 938. The molecule has 0 aliphatic carbocycles. The lowest BCUT2D eigenvalue weighted by atomic mass is 9.94. The lowest BCUT2D eigenvalue weighted by molar-refractivity contribution is -0.148. The molecular formula is C20H27Cl2N3O4S. The van der Waals surface area contributed by atoms with Crippen molar-refractivity contribution in [1.82, 2.24) is 14.1 Å². The Kier molecular flexibility index (Phi) is 6.72. The molecule has 0 saturated carbocycles. The zero-order valence-corrected chi connectivity index (χ0v) is 19.7. The number of piperazine rings is 1. The highest BCUT2D eigenvalue weighted by atomic mass is 35.5. The first-order valence-electron chi connectivity index (χ1n) is 9.98. The van der Waals surface area contributed by atoms with Crippen molar-refractivity contribution in [3.05, 3.63) is 28.2 Å². The maximum atomic E-state index is 13.1. The van der Waals surface area contributed by atoms with Crippen LogP contribution in [0.15, 0.2) is 23.1 Å². The molecule has 7 nitrogen and oxygen atoms in total. The van der Waals surface area contributed by atoms with Crippen molar-refractivity contribution in [2.75, 3.05) is 32.7 Å². The van der Waals surface area contributed by atoms with E-state index in [9.17, 15) is 18.0 Å². The van der Waals surface area contributed by atoms with E-state index in [1.165, 1.54) is 22.5 Å². The monoisotopic (exact) mass is 475 g/mol. The van der Waals surface area contributed by atoms with Crippen LogP contribution in [0.1, 0.15) is 33.6 Å². The van der Waals surface area contributed by atoms with Crippen molar-refractivity contribution in [3.63, 3.8) is 0 Å². The number of hydrogen-bond donors (Lipinski definition) is 0. The fraction of sp³-hybridized carbons (Fsp3) is 0.600. The number of halogens is 2. The molecule has 1 atom stereocenters. The molecule has 2 aliphatic heterocycles. The number of carbonyl (C=O) groups excluding carboxylic acids is 2. The topological polar surface area (TPSA) is 78.0 Å². The Hall–Kier alpha value is -1.35. The molecule has 0 spiro atoms. The van der Waals surface area contributed by atoms with Crippen molar-refractivity contribution >= 4 is 45.0 Å². The van der Waals surface area contributed by atoms with Gasteiger partial charge in [0.15, 0.2) is 0 Å². The number of hydrogen-bond acceptors (Lipinski definition) is 4. The Morgan fingerprint density at radius 1 is 1.00 bits per heavy atom. The minimum Gasteiger partial charge on any atom is -0.338 e. The zero-order chi connectivity index (χ0) is 22.3. The quantitative estimate of drug-likeness (QED) is 0.672. The summed E-state index contributed by atoms with van der Waals surface area (Å²) < 4.78 is 27.2. The number of rotatable bonds is 3. The summed E-state index contributed by atoms with van der Waals surface area (Å²) in [5.41, 5.74) is -0.546. The largest absolute Gasteiger partial charge is 0.338 e. The van der Waals surface area contributed by atoms with Gasteiger partial charge in [-0.3, -0.25) is 9.59 Å². The van der Waals surface area contributed by atoms with Gasteiger partial charge < -0.3 is 9.80 Å². The molecule has 0 aromatic heterocycles. The number of sulfonamides is 1. The van der Waals surface area contributed by atoms with Crippen LogP contribution in [0.4, 0.5) is 0 Å². The fourth-order valence-corrected chi connectivity index (χ4v) is 5.66. The molecule has 2 saturated heterocycles. The van der Waals surface area contributed by atoms with Crippen LogP contribution in [0.2, 0.25) is 10.0 Å². The molecule has 30 heavy (non-hydrogen) atoms. The molecule has 2 fully saturated rings. The smallest absolute Gasteiger partial charge is 0.245 e. The van der Waals surface area contributed by atoms with E-state index >= 15 is 0 Å². The highest BCUT2D eigenvalue weighted by molar-refractivity contribution is 7.89. The van der Waals surface area contributed by atoms with Gasteiger partial charge >= 0.3 is 0 Å². The number of nitrogens with zero attached hydrogens (tertiary/aromatic N) is 3. The van der Waals surface area contributed by atoms with E-state index < -0.39 is 21.5 Å². The molecular weight excluding hydrogens is 449 g/mol. The molecule has 1 unspecified atom stereocenters. The molecule has 0 bridgehead atoms.